The van der Waals surface area contributed by atoms with Crippen LogP contribution < -0.4 is 78.2 Å². The lowest BCUT2D eigenvalue weighted by Gasteiger charge is -2.29. The molecule has 0 fully saturated rings. The summed E-state index contributed by atoms with van der Waals surface area (Å²) in [6.45, 7) is 5.70. The Morgan fingerprint density at radius 2 is 1.04 bits per heavy atom. The van der Waals surface area contributed by atoms with Gasteiger partial charge in [-0.25, -0.2) is 0 Å². The maximum Gasteiger partial charge on any atom is 0.245 e. The summed E-state index contributed by atoms with van der Waals surface area (Å²) in [6.07, 6.45) is 3.88. The first kappa shape index (κ1) is 66.2. The van der Waals surface area contributed by atoms with E-state index >= 15 is 0 Å². The zero-order valence-corrected chi connectivity index (χ0v) is 44.1. The maximum atomic E-state index is 14.3. The van der Waals surface area contributed by atoms with Gasteiger partial charge in [-0.05, 0) is 107 Å². The van der Waals surface area contributed by atoms with Crippen molar-refractivity contribution < 1.29 is 43.5 Å². The largest absolute Gasteiger partial charge is 0.508 e. The summed E-state index contributed by atoms with van der Waals surface area (Å²) in [5, 5.41) is 23.4. The van der Waals surface area contributed by atoms with Gasteiger partial charge in [-0.3, -0.25) is 48.3 Å². The summed E-state index contributed by atoms with van der Waals surface area (Å²) in [4.78, 5) is 120. The molecule has 0 aliphatic carbocycles. The first-order chi connectivity index (χ1) is 35.6. The molecule has 0 aliphatic heterocycles. The van der Waals surface area contributed by atoms with Crippen molar-refractivity contribution in [3.63, 3.8) is 0 Å². The predicted molar refractivity (Wildman–Crippen MR) is 286 cm³/mol. The number of carbonyl (C=O) groups excluding carboxylic acids is 8. The molecule has 1 aromatic carbocycles. The van der Waals surface area contributed by atoms with E-state index in [0.29, 0.717) is 63.6 Å². The molecule has 75 heavy (non-hydrogen) atoms. The Labute approximate surface area is 440 Å². The molecule has 24 N–H and O–H groups in total. The highest BCUT2D eigenvalue weighted by atomic mass is 16.3. The Morgan fingerprint density at radius 3 is 1.55 bits per heavy atom. The second-order valence-electron chi connectivity index (χ2n) is 18.7. The molecule has 0 saturated carbocycles. The van der Waals surface area contributed by atoms with Gasteiger partial charge in [0.1, 0.15) is 36.0 Å². The highest BCUT2D eigenvalue weighted by Gasteiger charge is 2.34. The van der Waals surface area contributed by atoms with Crippen molar-refractivity contribution in [2.75, 3.05) is 58.9 Å². The molecule has 1 rings (SSSR count). The molecular weight excluding hydrogens is 973 g/mol. The molecule has 0 spiro atoms. The second-order valence-corrected chi connectivity index (χ2v) is 18.7. The van der Waals surface area contributed by atoms with Crippen molar-refractivity contribution >= 4 is 59.2 Å². The van der Waals surface area contributed by atoms with Crippen molar-refractivity contribution in [3.8, 4) is 5.75 Å². The molecule has 0 radical (unpaired) electrons. The monoisotopic (exact) mass is 1060 g/mol. The van der Waals surface area contributed by atoms with Crippen LogP contribution in [0, 0.1) is 5.92 Å². The summed E-state index contributed by atoms with van der Waals surface area (Å²) < 4.78 is 0. The van der Waals surface area contributed by atoms with Crippen LogP contribution in [0.25, 0.3) is 0 Å². The van der Waals surface area contributed by atoms with E-state index < -0.39 is 96.6 Å². The molecule has 424 valence electrons. The maximum absolute atomic E-state index is 14.3. The average Bonchev–Trinajstić information content (AvgIpc) is 3.35. The Bertz CT molecular complexity index is 2000. The minimum absolute atomic E-state index is 0.00392. The normalized spacial score (nSPS) is 13.4. The zero-order chi connectivity index (χ0) is 56.5. The van der Waals surface area contributed by atoms with Gasteiger partial charge in [0, 0.05) is 39.1 Å². The van der Waals surface area contributed by atoms with Crippen LogP contribution in [-0.4, -0.2) is 169 Å². The lowest BCUT2D eigenvalue weighted by atomic mass is 10.0. The minimum Gasteiger partial charge on any atom is -0.508 e. The number of aliphatic imine (C=N–C) groups is 2. The molecule has 0 heterocycles. The Morgan fingerprint density at radius 1 is 0.560 bits per heavy atom. The smallest absolute Gasteiger partial charge is 0.245 e. The molecule has 27 nitrogen and oxygen atoms in total. The average molecular weight is 1060 g/mol. The standard InChI is InChI=1S/C48H88N18O9/c1-4-11-34(61-42(71)35(13-10-23-59-48(56)57)60-40(69)29-66(25-8-6-21-50)45(74)33(52)12-9-22-58-47(54)55)41(70)63-37(26-31-15-17-32(67)18-16-31)43(72)64-38(27-51)44(73)62-36(19-14-30(2)3)46(75)65(28-39(53)68)24-7-5-20-49/h15-18,30,33-38,67H,4-14,19-29,49-52H2,1-3H3,(H2,53,68)(H,60,69)(H,61,71)(H,62,73)(H,63,70)(H,64,72)(H4,54,55,58)(H4,56,57,59)/t33-,34-,35-,36?,37-,38-/m0/s1. The quantitative estimate of drug-likeness (QED) is 0.0168. The van der Waals surface area contributed by atoms with Gasteiger partial charge in [-0.1, -0.05) is 39.3 Å². The Kier molecular flexibility index (Phi) is 32.6. The first-order valence-corrected chi connectivity index (χ1v) is 25.7. The number of phenols is 1. The molecule has 1 unspecified atom stereocenters. The van der Waals surface area contributed by atoms with Crippen LogP contribution in [0.1, 0.15) is 103 Å². The lowest BCUT2D eigenvalue weighted by Crippen LogP contribution is -2.61. The summed E-state index contributed by atoms with van der Waals surface area (Å²) in [5.41, 5.74) is 51.4. The fraction of sp³-hybridized carbons (Fsp3) is 0.667. The highest BCUT2D eigenvalue weighted by molar-refractivity contribution is 5.97. The summed E-state index contributed by atoms with van der Waals surface area (Å²) in [5.74, 6) is -5.96. The third-order valence-corrected chi connectivity index (χ3v) is 11.7. The molecule has 0 aromatic heterocycles. The van der Waals surface area contributed by atoms with E-state index in [4.69, 9.17) is 51.6 Å². The van der Waals surface area contributed by atoms with E-state index in [1.165, 1.54) is 34.1 Å². The van der Waals surface area contributed by atoms with Gasteiger partial charge in [-0.15, -0.1) is 0 Å². The Balaban J connectivity index is 3.50. The minimum atomic E-state index is -1.42. The lowest BCUT2D eigenvalue weighted by molar-refractivity contribution is -0.140. The van der Waals surface area contributed by atoms with Crippen LogP contribution in [-0.2, 0) is 44.8 Å². The molecule has 6 atom stereocenters. The number of amides is 8. The highest BCUT2D eigenvalue weighted by Crippen LogP contribution is 2.14. The summed E-state index contributed by atoms with van der Waals surface area (Å²) in [6, 6.07) is -1.62. The van der Waals surface area contributed by atoms with Gasteiger partial charge in [0.15, 0.2) is 11.9 Å². The number of hydrogen-bond acceptors (Lipinski definition) is 15. The third kappa shape index (κ3) is 27.9. The van der Waals surface area contributed by atoms with E-state index in [0.717, 1.165) is 0 Å². The second kappa shape index (κ2) is 37.0. The number of nitrogens with two attached hydrogens (primary N) is 9. The van der Waals surface area contributed by atoms with Crippen LogP contribution in [0.4, 0.5) is 0 Å². The zero-order valence-electron chi connectivity index (χ0n) is 44.1. The molecule has 8 amide bonds. The summed E-state index contributed by atoms with van der Waals surface area (Å²) in [7, 11) is 0. The van der Waals surface area contributed by atoms with Crippen LogP contribution in [0.3, 0.4) is 0 Å². The summed E-state index contributed by atoms with van der Waals surface area (Å²) >= 11 is 0. The van der Waals surface area contributed by atoms with E-state index in [-0.39, 0.29) is 94.8 Å². The topological polar surface area (TPSA) is 482 Å². The van der Waals surface area contributed by atoms with E-state index in [2.05, 4.69) is 36.6 Å². The molecule has 0 aliphatic rings. The van der Waals surface area contributed by atoms with Crippen molar-refractivity contribution in [2.45, 2.75) is 140 Å². The number of unbranched alkanes of at least 4 members (excludes halogenated alkanes) is 2. The number of aromatic hydroxyl groups is 1. The van der Waals surface area contributed by atoms with E-state index in [9.17, 15) is 43.5 Å². The van der Waals surface area contributed by atoms with Crippen molar-refractivity contribution in [1.82, 2.24) is 36.4 Å². The van der Waals surface area contributed by atoms with Crippen LogP contribution >= 0.6 is 0 Å². The van der Waals surface area contributed by atoms with E-state index in [1.54, 1.807) is 6.92 Å². The van der Waals surface area contributed by atoms with Crippen LogP contribution in [0.2, 0.25) is 0 Å². The van der Waals surface area contributed by atoms with Crippen molar-refractivity contribution in [2.24, 2.45) is 67.5 Å². The van der Waals surface area contributed by atoms with Gasteiger partial charge in [-0.2, -0.15) is 0 Å². The number of primary amides is 1. The van der Waals surface area contributed by atoms with E-state index in [1.807, 2.05) is 13.8 Å². The van der Waals surface area contributed by atoms with Gasteiger partial charge < -0.3 is 93.1 Å². The Hall–Kier alpha value is -6.84. The third-order valence-electron chi connectivity index (χ3n) is 11.7. The van der Waals surface area contributed by atoms with Gasteiger partial charge in [0.25, 0.3) is 0 Å². The SMILES string of the molecule is CCC[C@H](NC(=O)[C@H](CCCN=C(N)N)NC(=O)CN(CCCCN)C(=O)[C@@H](N)CCCN=C(N)N)C(=O)N[C@@H](Cc1ccc(O)cc1)C(=O)N[C@@H](CN)C(=O)NC(CCC(C)C)C(=O)N(CCCCN)CC(N)=O. The number of nitrogens with one attached hydrogen (secondary N) is 5. The predicted octanol–water partition coefficient (Wildman–Crippen LogP) is -4.39. The number of benzene rings is 1. The number of hydrogen-bond donors (Lipinski definition) is 15. The van der Waals surface area contributed by atoms with Gasteiger partial charge in [0.2, 0.25) is 47.3 Å². The fourth-order valence-electron chi connectivity index (χ4n) is 7.61. The van der Waals surface area contributed by atoms with Crippen molar-refractivity contribution in [1.29, 1.82) is 0 Å². The van der Waals surface area contributed by atoms with Crippen LogP contribution in [0.5, 0.6) is 5.75 Å². The number of rotatable bonds is 39. The number of phenolic OH excluding ortho intramolecular Hbond substituents is 1. The first-order valence-electron chi connectivity index (χ1n) is 25.7. The number of nitrogens with zero attached hydrogens (tertiary/aromatic N) is 4. The molecule has 0 saturated heterocycles. The van der Waals surface area contributed by atoms with Gasteiger partial charge in [0.05, 0.1) is 19.1 Å². The fourth-order valence-corrected chi connectivity index (χ4v) is 7.61. The van der Waals surface area contributed by atoms with Crippen molar-refractivity contribution in [3.05, 3.63) is 29.8 Å². The number of guanidine groups is 2. The number of carbonyl (C=O) groups is 8. The molecule has 1 aromatic rings. The van der Waals surface area contributed by atoms with Gasteiger partial charge >= 0.3 is 0 Å². The molecule has 0 bridgehead atoms. The van der Waals surface area contributed by atoms with Crippen LogP contribution in [0.15, 0.2) is 34.3 Å². The molecular formula is C48H88N18O9. The molecule has 27 heteroatoms.